The Balaban J connectivity index is 1.62. The fourth-order valence-electron chi connectivity index (χ4n) is 3.02. The van der Waals surface area contributed by atoms with Crippen molar-refractivity contribution in [2.75, 3.05) is 0 Å². The number of rotatable bonds is 6. The number of H-pyrrole nitrogens is 2. The number of aromatic nitrogens is 4. The van der Waals surface area contributed by atoms with Gasteiger partial charge in [-0.15, -0.1) is 0 Å². The molecule has 2 heterocycles. The van der Waals surface area contributed by atoms with E-state index in [2.05, 4.69) is 15.0 Å². The maximum absolute atomic E-state index is 12.5. The van der Waals surface area contributed by atoms with Crippen LogP contribution in [-0.2, 0) is 16.7 Å². The molecule has 4 aromatic rings. The van der Waals surface area contributed by atoms with Crippen LogP contribution >= 0.6 is 0 Å². The Morgan fingerprint density at radius 1 is 1.06 bits per heavy atom. The Kier molecular flexibility index (Phi) is 5.10. The van der Waals surface area contributed by atoms with Gasteiger partial charge in [0.25, 0.3) is 11.2 Å². The first-order valence-electron chi connectivity index (χ1n) is 9.22. The monoisotopic (exact) mass is 457 g/mol. The fraction of sp³-hybridized carbons (Fsp3) is 0.105. The van der Waals surface area contributed by atoms with Crippen molar-refractivity contribution in [1.82, 2.24) is 19.5 Å². The Hall–Kier alpha value is -4.26. The number of fused-ring (bicyclic) bond motifs is 1. The van der Waals surface area contributed by atoms with Gasteiger partial charge in [0.2, 0.25) is 0 Å². The first kappa shape index (κ1) is 21.0. The number of nitro benzene ring substituents is 1. The molecule has 0 aliphatic heterocycles. The molecule has 0 atom stereocenters. The summed E-state index contributed by atoms with van der Waals surface area (Å²) in [5.41, 5.74) is -0.595. The van der Waals surface area contributed by atoms with Gasteiger partial charge >= 0.3 is 15.8 Å². The molecule has 0 spiro atoms. The lowest BCUT2D eigenvalue weighted by atomic mass is 10.2. The maximum Gasteiger partial charge on any atom is 0.339 e. The molecule has 0 bridgehead atoms. The van der Waals surface area contributed by atoms with Gasteiger partial charge in [-0.2, -0.15) is 8.42 Å². The van der Waals surface area contributed by atoms with Gasteiger partial charge in [0.15, 0.2) is 5.65 Å². The topological polar surface area (TPSA) is 170 Å². The lowest BCUT2D eigenvalue weighted by molar-refractivity contribution is -0.384. The summed E-state index contributed by atoms with van der Waals surface area (Å²) in [7, 11) is -4.19. The van der Waals surface area contributed by atoms with Crippen molar-refractivity contribution in [3.63, 3.8) is 0 Å². The van der Waals surface area contributed by atoms with Crippen LogP contribution in [0.5, 0.6) is 5.75 Å². The van der Waals surface area contributed by atoms with E-state index in [1.807, 2.05) is 0 Å². The van der Waals surface area contributed by atoms with E-state index in [4.69, 9.17) is 4.18 Å². The number of aromatic amines is 2. The van der Waals surface area contributed by atoms with Crippen molar-refractivity contribution in [2.24, 2.45) is 0 Å². The van der Waals surface area contributed by atoms with E-state index in [1.165, 1.54) is 36.4 Å². The number of nitrogens with zero attached hydrogens (tertiary/aromatic N) is 3. The number of benzene rings is 2. The van der Waals surface area contributed by atoms with Crippen LogP contribution in [0.15, 0.2) is 63.0 Å². The van der Waals surface area contributed by atoms with Crippen molar-refractivity contribution < 1.29 is 17.5 Å². The summed E-state index contributed by atoms with van der Waals surface area (Å²) in [5, 5.41) is 10.7. The number of nitro groups is 1. The summed E-state index contributed by atoms with van der Waals surface area (Å²) in [6, 6.07) is 10.1. The van der Waals surface area contributed by atoms with Crippen molar-refractivity contribution in [3.8, 4) is 17.1 Å². The van der Waals surface area contributed by atoms with E-state index < -0.39 is 26.3 Å². The van der Waals surface area contributed by atoms with Crippen LogP contribution in [-0.4, -0.2) is 32.9 Å². The molecule has 32 heavy (non-hydrogen) atoms. The third-order valence-corrected chi connectivity index (χ3v) is 5.88. The second-order valence-electron chi connectivity index (χ2n) is 6.60. The molecular weight excluding hydrogens is 442 g/mol. The quantitative estimate of drug-likeness (QED) is 0.251. The van der Waals surface area contributed by atoms with Crippen LogP contribution in [0, 0.1) is 10.1 Å². The van der Waals surface area contributed by atoms with Gasteiger partial charge < -0.3 is 9.17 Å². The zero-order valence-corrected chi connectivity index (χ0v) is 17.3. The van der Waals surface area contributed by atoms with Crippen LogP contribution in [0.25, 0.3) is 22.6 Å². The molecule has 2 aromatic carbocycles. The average molecular weight is 457 g/mol. The van der Waals surface area contributed by atoms with Gasteiger partial charge in [-0.1, -0.05) is 0 Å². The Morgan fingerprint density at radius 2 is 1.72 bits per heavy atom. The molecule has 164 valence electrons. The third kappa shape index (κ3) is 3.76. The molecule has 4 rings (SSSR count). The largest absolute Gasteiger partial charge is 0.379 e. The first-order valence-corrected chi connectivity index (χ1v) is 10.6. The molecule has 0 saturated heterocycles. The van der Waals surface area contributed by atoms with Crippen LogP contribution in [0.1, 0.15) is 6.92 Å². The highest BCUT2D eigenvalue weighted by Gasteiger charge is 2.18. The summed E-state index contributed by atoms with van der Waals surface area (Å²) >= 11 is 0. The zero-order chi connectivity index (χ0) is 23.0. The SMILES string of the molecule is CCn1c(=O)[nH]c2nc(-c3ccc(S(=O)(=O)Oc4ccc([N+](=O)[O-])cc4)cc3)[nH]c2c1=O. The molecule has 0 unspecified atom stereocenters. The number of hydrogen-bond donors (Lipinski definition) is 2. The second kappa shape index (κ2) is 7.77. The summed E-state index contributed by atoms with van der Waals surface area (Å²) in [5.74, 6) is 0.190. The molecule has 0 aliphatic carbocycles. The number of nitrogens with one attached hydrogen (secondary N) is 2. The van der Waals surface area contributed by atoms with E-state index in [0.717, 1.165) is 16.7 Å². The van der Waals surface area contributed by atoms with Gasteiger partial charge in [-0.05, 0) is 43.3 Å². The highest BCUT2D eigenvalue weighted by Crippen LogP contribution is 2.24. The van der Waals surface area contributed by atoms with E-state index in [1.54, 1.807) is 6.92 Å². The van der Waals surface area contributed by atoms with Crippen LogP contribution in [0.3, 0.4) is 0 Å². The molecule has 0 saturated carbocycles. The Morgan fingerprint density at radius 3 is 2.31 bits per heavy atom. The lowest BCUT2D eigenvalue weighted by Crippen LogP contribution is -2.34. The smallest absolute Gasteiger partial charge is 0.339 e. The Bertz CT molecular complexity index is 1550. The molecule has 2 aromatic heterocycles. The summed E-state index contributed by atoms with van der Waals surface area (Å²) in [6.45, 7) is 1.86. The fourth-order valence-corrected chi connectivity index (χ4v) is 3.95. The van der Waals surface area contributed by atoms with Gasteiger partial charge in [-0.25, -0.2) is 9.78 Å². The molecule has 13 heteroatoms. The highest BCUT2D eigenvalue weighted by molar-refractivity contribution is 7.87. The van der Waals surface area contributed by atoms with Crippen molar-refractivity contribution in [2.45, 2.75) is 18.4 Å². The summed E-state index contributed by atoms with van der Waals surface area (Å²) in [4.78, 5) is 43.8. The number of hydrogen-bond acceptors (Lipinski definition) is 8. The minimum absolute atomic E-state index is 0.0758. The first-order chi connectivity index (χ1) is 15.2. The molecule has 0 amide bonds. The molecule has 0 aliphatic rings. The molecule has 0 fully saturated rings. The number of imidazole rings is 1. The lowest BCUT2D eigenvalue weighted by Gasteiger charge is -2.07. The van der Waals surface area contributed by atoms with E-state index in [-0.39, 0.29) is 39.9 Å². The van der Waals surface area contributed by atoms with Crippen molar-refractivity contribution >= 4 is 27.0 Å². The van der Waals surface area contributed by atoms with E-state index >= 15 is 0 Å². The molecule has 2 N–H and O–H groups in total. The minimum Gasteiger partial charge on any atom is -0.379 e. The van der Waals surface area contributed by atoms with Crippen molar-refractivity contribution in [3.05, 3.63) is 79.5 Å². The Labute approximate surface area is 179 Å². The molecule has 12 nitrogen and oxygen atoms in total. The van der Waals surface area contributed by atoms with E-state index in [9.17, 15) is 28.1 Å². The number of non-ortho nitro benzene ring substituents is 1. The predicted octanol–water partition coefficient (Wildman–Crippen LogP) is 1.78. The zero-order valence-electron chi connectivity index (χ0n) is 16.4. The standard InChI is InChI=1S/C19H15N5O7S/c1-2-23-18(25)15-17(22-19(23)26)21-16(20-15)11-3-9-14(10-4-11)32(29,30)31-13-7-5-12(6-8-13)24(27)28/h3-10H,2H2,1H3,(H,20,21)(H,22,26). The van der Waals surface area contributed by atoms with Crippen molar-refractivity contribution in [1.29, 1.82) is 0 Å². The van der Waals surface area contributed by atoms with Gasteiger partial charge in [0.1, 0.15) is 22.0 Å². The maximum atomic E-state index is 12.5. The van der Waals surface area contributed by atoms with Crippen LogP contribution in [0.4, 0.5) is 5.69 Å². The third-order valence-electron chi connectivity index (χ3n) is 4.62. The van der Waals surface area contributed by atoms with Crippen LogP contribution < -0.4 is 15.4 Å². The minimum atomic E-state index is -4.19. The highest BCUT2D eigenvalue weighted by atomic mass is 32.2. The van der Waals surface area contributed by atoms with Gasteiger partial charge in [0, 0.05) is 24.2 Å². The van der Waals surface area contributed by atoms with E-state index in [0.29, 0.717) is 5.56 Å². The normalized spacial score (nSPS) is 11.5. The predicted molar refractivity (Wildman–Crippen MR) is 113 cm³/mol. The molecular formula is C19H15N5O7S. The van der Waals surface area contributed by atoms with Gasteiger partial charge in [0.05, 0.1) is 4.92 Å². The van der Waals surface area contributed by atoms with Crippen LogP contribution in [0.2, 0.25) is 0 Å². The van der Waals surface area contributed by atoms with Gasteiger partial charge in [-0.3, -0.25) is 24.5 Å². The summed E-state index contributed by atoms with van der Waals surface area (Å²) < 4.78 is 31.0. The second-order valence-corrected chi connectivity index (χ2v) is 8.15. The molecule has 0 radical (unpaired) electrons. The average Bonchev–Trinajstić information content (AvgIpc) is 3.18. The summed E-state index contributed by atoms with van der Waals surface area (Å²) in [6.07, 6.45) is 0.